The molecule has 0 unspecified atom stereocenters. The monoisotopic (exact) mass is 212 g/mol. The summed E-state index contributed by atoms with van der Waals surface area (Å²) in [4.78, 5) is 25.4. The Kier molecular flexibility index (Phi) is 2.06. The predicted molar refractivity (Wildman–Crippen MR) is 60.8 cm³/mol. The third-order valence-electron chi connectivity index (χ3n) is 2.74. The molecule has 0 bridgehead atoms. The molecule has 0 saturated carbocycles. The summed E-state index contributed by atoms with van der Waals surface area (Å²) in [5, 5.41) is 3.04. The number of hydrogen-bond donors (Lipinski definition) is 1. The SMILES string of the molecule is CN1CCNc2c1n(C)c(=O)n(C)c2=O.[HH]. The van der Waals surface area contributed by atoms with Crippen molar-refractivity contribution in [3.63, 3.8) is 0 Å². The fraction of sp³-hybridized carbons (Fsp3) is 0.556. The van der Waals surface area contributed by atoms with Crippen LogP contribution in [-0.4, -0.2) is 29.3 Å². The van der Waals surface area contributed by atoms with Crippen LogP contribution in [0.15, 0.2) is 9.59 Å². The molecule has 6 heteroatoms. The van der Waals surface area contributed by atoms with Gasteiger partial charge in [-0.3, -0.25) is 13.9 Å². The average Bonchev–Trinajstić information content (AvgIpc) is 2.23. The van der Waals surface area contributed by atoms with Crippen molar-refractivity contribution in [2.24, 2.45) is 14.1 Å². The van der Waals surface area contributed by atoms with Crippen molar-refractivity contribution in [2.75, 3.05) is 30.4 Å². The van der Waals surface area contributed by atoms with Crippen molar-refractivity contribution in [1.29, 1.82) is 0 Å². The highest BCUT2D eigenvalue weighted by molar-refractivity contribution is 5.66. The van der Waals surface area contributed by atoms with Gasteiger partial charge in [0.25, 0.3) is 5.56 Å². The van der Waals surface area contributed by atoms with Gasteiger partial charge in [0.1, 0.15) is 11.5 Å². The lowest BCUT2D eigenvalue weighted by atomic mass is 10.3. The Labute approximate surface area is 88.2 Å². The number of rotatable bonds is 0. The van der Waals surface area contributed by atoms with Crippen molar-refractivity contribution in [3.05, 3.63) is 20.8 Å². The molecule has 6 nitrogen and oxygen atoms in total. The molecule has 1 aromatic rings. The molecule has 0 aromatic carbocycles. The normalized spacial score (nSPS) is 14.7. The van der Waals surface area contributed by atoms with Crippen molar-refractivity contribution < 1.29 is 1.43 Å². The summed E-state index contributed by atoms with van der Waals surface area (Å²) in [7, 11) is 5.03. The summed E-state index contributed by atoms with van der Waals surface area (Å²) in [5.41, 5.74) is -0.0534. The fourth-order valence-corrected chi connectivity index (χ4v) is 1.89. The Balaban J connectivity index is 0.00000128. The van der Waals surface area contributed by atoms with Crippen LogP contribution in [0.1, 0.15) is 1.43 Å². The molecule has 2 rings (SSSR count). The lowest BCUT2D eigenvalue weighted by Gasteiger charge is -2.29. The van der Waals surface area contributed by atoms with Gasteiger partial charge in [-0.15, -0.1) is 0 Å². The van der Waals surface area contributed by atoms with Gasteiger partial charge in [0.05, 0.1) is 0 Å². The molecule has 0 spiro atoms. The van der Waals surface area contributed by atoms with Crippen molar-refractivity contribution in [3.8, 4) is 0 Å². The third kappa shape index (κ3) is 1.25. The van der Waals surface area contributed by atoms with E-state index in [2.05, 4.69) is 5.32 Å². The zero-order chi connectivity index (χ0) is 11.2. The van der Waals surface area contributed by atoms with Crippen molar-refractivity contribution in [1.82, 2.24) is 9.13 Å². The van der Waals surface area contributed by atoms with Crippen LogP contribution in [0.25, 0.3) is 0 Å². The minimum atomic E-state index is -0.297. The number of fused-ring (bicyclic) bond motifs is 1. The number of aromatic nitrogens is 2. The van der Waals surface area contributed by atoms with E-state index in [1.807, 2.05) is 11.9 Å². The van der Waals surface area contributed by atoms with Crippen molar-refractivity contribution >= 4 is 11.5 Å². The van der Waals surface area contributed by atoms with Gasteiger partial charge in [0, 0.05) is 35.7 Å². The Morgan fingerprint density at radius 1 is 1.20 bits per heavy atom. The van der Waals surface area contributed by atoms with Gasteiger partial charge in [0.2, 0.25) is 0 Å². The van der Waals surface area contributed by atoms with Gasteiger partial charge in [-0.2, -0.15) is 0 Å². The molecule has 0 fully saturated rings. The molecule has 1 aromatic heterocycles. The highest BCUT2D eigenvalue weighted by atomic mass is 16.2. The standard InChI is InChI=1S/C9H14N4O2.H2/c1-11-5-4-10-6-7(11)12(2)9(15)13(3)8(6)14;/h10H,4-5H2,1-3H3;1H. The Hall–Kier alpha value is -1.72. The predicted octanol–water partition coefficient (Wildman–Crippen LogP) is -0.808. The molecule has 0 amide bonds. The van der Waals surface area contributed by atoms with Gasteiger partial charge < -0.3 is 10.2 Å². The number of anilines is 2. The summed E-state index contributed by atoms with van der Waals surface area (Å²) in [5.74, 6) is 0.661. The Morgan fingerprint density at radius 2 is 1.87 bits per heavy atom. The maximum absolute atomic E-state index is 11.8. The van der Waals surface area contributed by atoms with E-state index >= 15 is 0 Å². The van der Waals surface area contributed by atoms with E-state index < -0.39 is 0 Å². The molecule has 0 saturated heterocycles. The van der Waals surface area contributed by atoms with Gasteiger partial charge in [-0.05, 0) is 0 Å². The third-order valence-corrected chi connectivity index (χ3v) is 2.74. The molecule has 0 aliphatic carbocycles. The Bertz CT molecular complexity index is 519. The van der Waals surface area contributed by atoms with E-state index in [1.54, 1.807) is 7.05 Å². The van der Waals surface area contributed by atoms with Crippen LogP contribution in [0.3, 0.4) is 0 Å². The van der Waals surface area contributed by atoms with Crippen LogP contribution < -0.4 is 21.5 Å². The largest absolute Gasteiger partial charge is 0.376 e. The summed E-state index contributed by atoms with van der Waals surface area (Å²) in [6, 6.07) is 0. The summed E-state index contributed by atoms with van der Waals surface area (Å²) >= 11 is 0. The van der Waals surface area contributed by atoms with E-state index in [-0.39, 0.29) is 12.7 Å². The summed E-state index contributed by atoms with van der Waals surface area (Å²) in [6.07, 6.45) is 0. The van der Waals surface area contributed by atoms with Crippen LogP contribution in [0.4, 0.5) is 11.5 Å². The number of hydrogen-bond acceptors (Lipinski definition) is 4. The zero-order valence-electron chi connectivity index (χ0n) is 9.07. The van der Waals surface area contributed by atoms with Crippen molar-refractivity contribution in [2.45, 2.75) is 0 Å². The highest BCUT2D eigenvalue weighted by Crippen LogP contribution is 2.21. The summed E-state index contributed by atoms with van der Waals surface area (Å²) in [6.45, 7) is 1.50. The maximum atomic E-state index is 11.8. The fourth-order valence-electron chi connectivity index (χ4n) is 1.89. The van der Waals surface area contributed by atoms with E-state index in [4.69, 9.17) is 0 Å². The molecular formula is C9H16N4O2. The number of nitrogens with zero attached hydrogens (tertiary/aromatic N) is 3. The molecular weight excluding hydrogens is 196 g/mol. The molecule has 2 heterocycles. The lowest BCUT2D eigenvalue weighted by Crippen LogP contribution is -2.45. The highest BCUT2D eigenvalue weighted by Gasteiger charge is 2.21. The van der Waals surface area contributed by atoms with Crippen LogP contribution in [0.2, 0.25) is 0 Å². The molecule has 1 aliphatic heterocycles. The maximum Gasteiger partial charge on any atom is 0.332 e. The first-order valence-electron chi connectivity index (χ1n) is 4.79. The van der Waals surface area contributed by atoms with E-state index in [9.17, 15) is 9.59 Å². The average molecular weight is 212 g/mol. The first-order valence-corrected chi connectivity index (χ1v) is 4.79. The number of likely N-dealkylation sites (N-methyl/N-ethyl adjacent to an activating group) is 1. The van der Waals surface area contributed by atoms with Crippen LogP contribution in [0, 0.1) is 0 Å². The second kappa shape index (κ2) is 3.15. The van der Waals surface area contributed by atoms with E-state index in [0.717, 1.165) is 17.7 Å². The van der Waals surface area contributed by atoms with E-state index in [0.29, 0.717) is 11.5 Å². The van der Waals surface area contributed by atoms with E-state index in [1.165, 1.54) is 11.6 Å². The second-order valence-corrected chi connectivity index (χ2v) is 3.75. The van der Waals surface area contributed by atoms with Crippen LogP contribution >= 0.6 is 0 Å². The minimum absolute atomic E-state index is 0. The van der Waals surface area contributed by atoms with Gasteiger partial charge in [-0.25, -0.2) is 4.79 Å². The quantitative estimate of drug-likeness (QED) is 0.611. The molecule has 1 N–H and O–H groups in total. The minimum Gasteiger partial charge on any atom is -0.376 e. The zero-order valence-corrected chi connectivity index (χ0v) is 9.07. The first-order chi connectivity index (χ1) is 7.04. The van der Waals surface area contributed by atoms with Gasteiger partial charge in [-0.1, -0.05) is 0 Å². The topological polar surface area (TPSA) is 59.3 Å². The molecule has 1 aliphatic rings. The molecule has 84 valence electrons. The van der Waals surface area contributed by atoms with Gasteiger partial charge >= 0.3 is 5.69 Å². The Morgan fingerprint density at radius 3 is 2.53 bits per heavy atom. The van der Waals surface area contributed by atoms with Gasteiger partial charge in [0.15, 0.2) is 0 Å². The first kappa shape index (κ1) is 9.82. The second-order valence-electron chi connectivity index (χ2n) is 3.75. The smallest absolute Gasteiger partial charge is 0.332 e. The summed E-state index contributed by atoms with van der Waals surface area (Å²) < 4.78 is 2.61. The lowest BCUT2D eigenvalue weighted by molar-refractivity contribution is 0.664. The molecule has 0 radical (unpaired) electrons. The van der Waals surface area contributed by atoms with Crippen LogP contribution in [-0.2, 0) is 14.1 Å². The molecule has 15 heavy (non-hydrogen) atoms. The number of nitrogens with one attached hydrogen (secondary N) is 1. The van der Waals surface area contributed by atoms with Crippen LogP contribution in [0.5, 0.6) is 0 Å². The molecule has 0 atom stereocenters.